The van der Waals surface area contributed by atoms with Crippen LogP contribution < -0.4 is 10.0 Å². The van der Waals surface area contributed by atoms with Crippen LogP contribution in [0.3, 0.4) is 0 Å². The number of furan rings is 1. The lowest BCUT2D eigenvalue weighted by Crippen LogP contribution is -2.45. The molecule has 1 saturated heterocycles. The number of amides is 1. The topological polar surface area (TPSA) is 91.6 Å². The fourth-order valence-corrected chi connectivity index (χ4v) is 5.65. The molecule has 1 aromatic carbocycles. The van der Waals surface area contributed by atoms with E-state index in [0.29, 0.717) is 5.76 Å². The maximum Gasteiger partial charge on any atom is 0.244 e. The van der Waals surface area contributed by atoms with E-state index in [-0.39, 0.29) is 23.4 Å². The highest BCUT2D eigenvalue weighted by Crippen LogP contribution is 2.26. The fraction of sp³-hybridized carbons (Fsp3) is 0.480. The van der Waals surface area contributed by atoms with Gasteiger partial charge in [-0.05, 0) is 67.5 Å². The van der Waals surface area contributed by atoms with Gasteiger partial charge in [-0.3, -0.25) is 4.79 Å². The highest BCUT2D eigenvalue weighted by atomic mass is 32.2. The molecule has 1 aliphatic heterocycles. The molecular weight excluding hydrogens is 438 g/mol. The van der Waals surface area contributed by atoms with E-state index in [1.807, 2.05) is 0 Å². The minimum Gasteiger partial charge on any atom is -0.468 e. The Morgan fingerprint density at radius 3 is 2.45 bits per heavy atom. The van der Waals surface area contributed by atoms with Gasteiger partial charge in [0.2, 0.25) is 15.9 Å². The Hall–Kier alpha value is -2.42. The predicted molar refractivity (Wildman–Crippen MR) is 128 cm³/mol. The molecule has 1 amide bonds. The molecule has 0 unspecified atom stereocenters. The van der Waals surface area contributed by atoms with Gasteiger partial charge in [-0.15, -0.1) is 0 Å². The molecule has 0 spiro atoms. The van der Waals surface area contributed by atoms with E-state index in [1.54, 1.807) is 30.3 Å². The lowest BCUT2D eigenvalue weighted by molar-refractivity contribution is -0.117. The van der Waals surface area contributed by atoms with E-state index >= 15 is 0 Å². The smallest absolute Gasteiger partial charge is 0.244 e. The number of carbonyl (C=O) groups excluding carboxylic acids is 1. The third kappa shape index (κ3) is 7.03. The zero-order valence-corrected chi connectivity index (χ0v) is 19.7. The standard InChI is InChI=1S/C25H33N3O4S/c29-25(27-22-13-15-28(16-14-22)19-21-4-1-2-5-21)12-9-20-7-10-24(11-8-20)33(30,31)26-18-23-6-3-17-32-23/h3,6-12,17,21-22,26H,1-2,4-5,13-16,18-19H2,(H,27,29)/b12-9+. The Balaban J connectivity index is 1.21. The monoisotopic (exact) mass is 471 g/mol. The summed E-state index contributed by atoms with van der Waals surface area (Å²) in [4.78, 5) is 15.1. The van der Waals surface area contributed by atoms with Crippen molar-refractivity contribution in [2.45, 2.75) is 56.0 Å². The summed E-state index contributed by atoms with van der Waals surface area (Å²) in [5, 5.41) is 3.10. The maximum absolute atomic E-state index is 12.4. The first-order valence-corrected chi connectivity index (χ1v) is 13.3. The summed E-state index contributed by atoms with van der Waals surface area (Å²) < 4.78 is 32.5. The van der Waals surface area contributed by atoms with Gasteiger partial charge in [-0.1, -0.05) is 25.0 Å². The van der Waals surface area contributed by atoms with Crippen LogP contribution in [-0.2, 0) is 21.4 Å². The number of nitrogens with zero attached hydrogens (tertiary/aromatic N) is 1. The van der Waals surface area contributed by atoms with Gasteiger partial charge in [0.25, 0.3) is 0 Å². The van der Waals surface area contributed by atoms with Crippen LogP contribution in [0.5, 0.6) is 0 Å². The Bertz CT molecular complexity index is 1020. The quantitative estimate of drug-likeness (QED) is 0.546. The van der Waals surface area contributed by atoms with E-state index in [0.717, 1.165) is 37.4 Å². The molecule has 0 radical (unpaired) electrons. The van der Waals surface area contributed by atoms with Crippen molar-refractivity contribution in [2.75, 3.05) is 19.6 Å². The molecule has 1 aromatic heterocycles. The zero-order valence-electron chi connectivity index (χ0n) is 18.9. The summed E-state index contributed by atoms with van der Waals surface area (Å²) in [6, 6.07) is 10.1. The average molecular weight is 472 g/mol. The molecule has 2 N–H and O–H groups in total. The molecule has 2 aromatic rings. The number of piperidine rings is 1. The fourth-order valence-electron chi connectivity index (χ4n) is 4.66. The molecule has 0 bridgehead atoms. The largest absolute Gasteiger partial charge is 0.468 e. The number of sulfonamides is 1. The third-order valence-electron chi connectivity index (χ3n) is 6.56. The molecule has 7 nitrogen and oxygen atoms in total. The van der Waals surface area contributed by atoms with Crippen LogP contribution in [0.25, 0.3) is 6.08 Å². The highest BCUT2D eigenvalue weighted by Gasteiger charge is 2.23. The lowest BCUT2D eigenvalue weighted by atomic mass is 10.0. The number of hydrogen-bond acceptors (Lipinski definition) is 5. The number of benzene rings is 1. The van der Waals surface area contributed by atoms with Crippen molar-refractivity contribution in [2.24, 2.45) is 5.92 Å². The third-order valence-corrected chi connectivity index (χ3v) is 7.98. The molecule has 1 aliphatic carbocycles. The van der Waals surface area contributed by atoms with Crippen LogP contribution in [0.2, 0.25) is 0 Å². The Kier molecular flexibility index (Phi) is 8.01. The van der Waals surface area contributed by atoms with Crippen LogP contribution in [0.4, 0.5) is 0 Å². The first kappa shape index (κ1) is 23.7. The summed E-state index contributed by atoms with van der Waals surface area (Å²) in [7, 11) is -3.63. The minimum atomic E-state index is -3.63. The number of nitrogens with one attached hydrogen (secondary N) is 2. The van der Waals surface area contributed by atoms with Crippen LogP contribution in [0.1, 0.15) is 49.8 Å². The van der Waals surface area contributed by atoms with Gasteiger partial charge < -0.3 is 14.6 Å². The SMILES string of the molecule is O=C(/C=C/c1ccc(S(=O)(=O)NCc2ccco2)cc1)NC1CCN(CC2CCCC2)CC1. The molecule has 2 fully saturated rings. The number of likely N-dealkylation sites (tertiary alicyclic amines) is 1. The summed E-state index contributed by atoms with van der Waals surface area (Å²) in [6.45, 7) is 3.41. The van der Waals surface area contributed by atoms with Gasteiger partial charge in [0.05, 0.1) is 17.7 Å². The first-order valence-electron chi connectivity index (χ1n) is 11.8. The molecular formula is C25H33N3O4S. The van der Waals surface area contributed by atoms with Crippen LogP contribution in [-0.4, -0.2) is 44.9 Å². The van der Waals surface area contributed by atoms with Gasteiger partial charge in [0.1, 0.15) is 5.76 Å². The van der Waals surface area contributed by atoms with Crippen LogP contribution >= 0.6 is 0 Å². The van der Waals surface area contributed by atoms with Crippen molar-refractivity contribution in [3.8, 4) is 0 Å². The number of carbonyl (C=O) groups is 1. The molecule has 2 aliphatic rings. The average Bonchev–Trinajstić information content (AvgIpc) is 3.52. The van der Waals surface area contributed by atoms with E-state index in [2.05, 4.69) is 14.9 Å². The van der Waals surface area contributed by atoms with Gasteiger partial charge in [0.15, 0.2) is 0 Å². The number of hydrogen-bond donors (Lipinski definition) is 2. The zero-order chi connectivity index (χ0) is 23.1. The van der Waals surface area contributed by atoms with Crippen molar-refractivity contribution < 1.29 is 17.6 Å². The van der Waals surface area contributed by atoms with Crippen LogP contribution in [0, 0.1) is 5.92 Å². The predicted octanol–water partition coefficient (Wildman–Crippen LogP) is 3.54. The van der Waals surface area contributed by atoms with Crippen molar-refractivity contribution in [3.05, 3.63) is 60.1 Å². The molecule has 33 heavy (non-hydrogen) atoms. The summed E-state index contributed by atoms with van der Waals surface area (Å²) >= 11 is 0. The van der Waals surface area contributed by atoms with Gasteiger partial charge >= 0.3 is 0 Å². The van der Waals surface area contributed by atoms with Gasteiger partial charge in [0, 0.05) is 31.8 Å². The van der Waals surface area contributed by atoms with Crippen molar-refractivity contribution in [1.82, 2.24) is 14.9 Å². The second-order valence-corrected chi connectivity index (χ2v) is 10.8. The molecule has 178 valence electrons. The Morgan fingerprint density at radius 2 is 1.79 bits per heavy atom. The summed E-state index contributed by atoms with van der Waals surface area (Å²) in [5.41, 5.74) is 0.765. The van der Waals surface area contributed by atoms with Crippen molar-refractivity contribution in [1.29, 1.82) is 0 Å². The normalized spacial score (nSPS) is 18.8. The lowest BCUT2D eigenvalue weighted by Gasteiger charge is -2.33. The summed E-state index contributed by atoms with van der Waals surface area (Å²) in [5.74, 6) is 1.30. The Morgan fingerprint density at radius 1 is 1.06 bits per heavy atom. The van der Waals surface area contributed by atoms with Gasteiger partial charge in [-0.25, -0.2) is 13.1 Å². The summed E-state index contributed by atoms with van der Waals surface area (Å²) in [6.07, 6.45) is 12.2. The first-order chi connectivity index (χ1) is 16.0. The van der Waals surface area contributed by atoms with E-state index in [1.165, 1.54) is 56.7 Å². The molecule has 8 heteroatoms. The molecule has 0 atom stereocenters. The minimum absolute atomic E-state index is 0.0939. The van der Waals surface area contributed by atoms with Gasteiger partial charge in [-0.2, -0.15) is 0 Å². The molecule has 1 saturated carbocycles. The molecule has 2 heterocycles. The van der Waals surface area contributed by atoms with Crippen molar-refractivity contribution >= 4 is 22.0 Å². The Labute approximate surface area is 196 Å². The maximum atomic E-state index is 12.4. The van der Waals surface area contributed by atoms with Crippen molar-refractivity contribution in [3.63, 3.8) is 0 Å². The van der Waals surface area contributed by atoms with E-state index in [4.69, 9.17) is 4.42 Å². The second kappa shape index (κ2) is 11.1. The molecule has 4 rings (SSSR count). The van der Waals surface area contributed by atoms with E-state index < -0.39 is 10.0 Å². The van der Waals surface area contributed by atoms with E-state index in [9.17, 15) is 13.2 Å². The van der Waals surface area contributed by atoms with Crippen LogP contribution in [0.15, 0.2) is 58.1 Å². The highest BCUT2D eigenvalue weighted by molar-refractivity contribution is 7.89. The number of rotatable bonds is 9. The second-order valence-electron chi connectivity index (χ2n) is 9.04.